The predicted octanol–water partition coefficient (Wildman–Crippen LogP) is -0.695. The van der Waals surface area contributed by atoms with Crippen LogP contribution in [0.3, 0.4) is 0 Å². The third-order valence-corrected chi connectivity index (χ3v) is 2.05. The number of hydrogen-bond acceptors (Lipinski definition) is 4. The number of nitrogens with two attached hydrogens (primary N) is 2. The minimum absolute atomic E-state index is 0.00213. The first-order chi connectivity index (χ1) is 6.89. The zero-order valence-electron chi connectivity index (χ0n) is 8.15. The highest BCUT2D eigenvalue weighted by Crippen LogP contribution is 2.14. The average Bonchev–Trinajstić information content (AvgIpc) is 2.13. The SMILES string of the molecule is CC(CNC(N)=O)(CNC(N)=O)OP=O. The molecule has 0 bridgehead atoms. The van der Waals surface area contributed by atoms with Gasteiger partial charge in [0.25, 0.3) is 0 Å². The summed E-state index contributed by atoms with van der Waals surface area (Å²) < 4.78 is 15.1. The first-order valence-corrected chi connectivity index (χ1v) is 4.70. The Morgan fingerprint density at radius 2 is 1.67 bits per heavy atom. The van der Waals surface area contributed by atoms with Gasteiger partial charge in [0.2, 0.25) is 0 Å². The van der Waals surface area contributed by atoms with Gasteiger partial charge in [-0.2, -0.15) is 0 Å². The molecule has 0 aromatic carbocycles. The van der Waals surface area contributed by atoms with E-state index in [1.54, 1.807) is 0 Å². The summed E-state index contributed by atoms with van der Waals surface area (Å²) in [7, 11) is -0.570. The Morgan fingerprint density at radius 3 is 1.93 bits per heavy atom. The van der Waals surface area contributed by atoms with Gasteiger partial charge in [-0.1, -0.05) is 0 Å². The number of primary amides is 2. The van der Waals surface area contributed by atoms with Crippen LogP contribution in [0, 0.1) is 0 Å². The smallest absolute Gasteiger partial charge is 0.328 e. The second-order valence-electron chi connectivity index (χ2n) is 3.05. The van der Waals surface area contributed by atoms with Crippen molar-refractivity contribution in [1.82, 2.24) is 10.6 Å². The van der Waals surface area contributed by atoms with Gasteiger partial charge >= 0.3 is 20.7 Å². The maximum Gasteiger partial charge on any atom is 0.328 e. The van der Waals surface area contributed by atoms with E-state index in [1.165, 1.54) is 6.92 Å². The molecule has 8 nitrogen and oxygen atoms in total. The Bertz CT molecular complexity index is 242. The molecule has 0 atom stereocenters. The second kappa shape index (κ2) is 6.15. The summed E-state index contributed by atoms with van der Waals surface area (Å²) in [6.07, 6.45) is 0. The third-order valence-electron chi connectivity index (χ3n) is 1.53. The van der Waals surface area contributed by atoms with Gasteiger partial charge in [-0.15, -0.1) is 0 Å². The van der Waals surface area contributed by atoms with Crippen molar-refractivity contribution in [2.24, 2.45) is 11.5 Å². The molecule has 0 aromatic rings. The van der Waals surface area contributed by atoms with Gasteiger partial charge in [0, 0.05) is 0 Å². The lowest BCUT2D eigenvalue weighted by molar-refractivity contribution is 0.108. The Balaban J connectivity index is 4.22. The van der Waals surface area contributed by atoms with E-state index in [2.05, 4.69) is 10.6 Å². The number of hydrogen-bond donors (Lipinski definition) is 4. The van der Waals surface area contributed by atoms with Gasteiger partial charge < -0.3 is 22.1 Å². The molecule has 0 fully saturated rings. The number of carbonyl (C=O) groups is 2. The topological polar surface area (TPSA) is 137 Å². The molecule has 0 radical (unpaired) electrons. The molecule has 0 aliphatic rings. The largest absolute Gasteiger partial charge is 0.352 e. The first kappa shape index (κ1) is 13.6. The number of carbonyl (C=O) groups excluding carboxylic acids is 2. The van der Waals surface area contributed by atoms with Crippen molar-refractivity contribution in [2.75, 3.05) is 13.1 Å². The lowest BCUT2D eigenvalue weighted by Gasteiger charge is -2.25. The van der Waals surface area contributed by atoms with E-state index >= 15 is 0 Å². The summed E-state index contributed by atoms with van der Waals surface area (Å²) in [5.41, 5.74) is 8.67. The summed E-state index contributed by atoms with van der Waals surface area (Å²) in [5.74, 6) is 0. The molecule has 0 aliphatic heterocycles. The molecule has 0 spiro atoms. The van der Waals surface area contributed by atoms with Crippen LogP contribution in [0.15, 0.2) is 0 Å². The maximum absolute atomic E-state index is 10.5. The van der Waals surface area contributed by atoms with E-state index in [9.17, 15) is 14.2 Å². The molecule has 4 amide bonds. The standard InChI is InChI=1S/C6H13N4O4P/c1-6(14-15-13,2-9-4(7)11)3-10-5(8)12/h2-3H2,1H3,(H3,7,9,11)(H3,8,10,12). The summed E-state index contributed by atoms with van der Waals surface area (Å²) in [6.45, 7) is 1.53. The molecule has 0 heterocycles. The first-order valence-electron chi connectivity index (χ1n) is 3.97. The molecule has 6 N–H and O–H groups in total. The van der Waals surface area contributed by atoms with Gasteiger partial charge in [0.15, 0.2) is 0 Å². The summed E-state index contributed by atoms with van der Waals surface area (Å²) in [5, 5.41) is 4.55. The van der Waals surface area contributed by atoms with Crippen LogP contribution < -0.4 is 22.1 Å². The minimum atomic E-state index is -1.03. The Morgan fingerprint density at radius 1 is 1.27 bits per heavy atom. The number of amides is 4. The van der Waals surface area contributed by atoms with Crippen LogP contribution in [0.4, 0.5) is 9.59 Å². The van der Waals surface area contributed by atoms with E-state index in [1.807, 2.05) is 0 Å². The van der Waals surface area contributed by atoms with Crippen molar-refractivity contribution < 1.29 is 18.7 Å². The highest BCUT2D eigenvalue weighted by Gasteiger charge is 2.26. The zero-order valence-corrected chi connectivity index (χ0v) is 9.04. The fourth-order valence-electron chi connectivity index (χ4n) is 0.765. The third kappa shape index (κ3) is 6.64. The second-order valence-corrected chi connectivity index (χ2v) is 3.38. The monoisotopic (exact) mass is 236 g/mol. The zero-order chi connectivity index (χ0) is 11.9. The van der Waals surface area contributed by atoms with Crippen LogP contribution in [-0.2, 0) is 9.09 Å². The lowest BCUT2D eigenvalue weighted by atomic mass is 10.1. The van der Waals surface area contributed by atoms with E-state index in [0.717, 1.165) is 0 Å². The molecule has 15 heavy (non-hydrogen) atoms. The summed E-state index contributed by atoms with van der Waals surface area (Å²) in [6, 6.07) is -1.49. The fraction of sp³-hybridized carbons (Fsp3) is 0.667. The molecule has 86 valence electrons. The van der Waals surface area contributed by atoms with Crippen LogP contribution in [0.2, 0.25) is 0 Å². The van der Waals surface area contributed by atoms with Crippen LogP contribution >= 0.6 is 8.69 Å². The highest BCUT2D eigenvalue weighted by molar-refractivity contribution is 7.17. The van der Waals surface area contributed by atoms with Crippen molar-refractivity contribution in [1.29, 1.82) is 0 Å². The van der Waals surface area contributed by atoms with Crippen molar-refractivity contribution in [3.05, 3.63) is 0 Å². The molecule has 0 unspecified atom stereocenters. The molecular weight excluding hydrogens is 223 g/mol. The van der Waals surface area contributed by atoms with Crippen molar-refractivity contribution in [2.45, 2.75) is 12.5 Å². The minimum Gasteiger partial charge on any atom is -0.352 e. The normalized spacial score (nSPS) is 11.0. The van der Waals surface area contributed by atoms with Gasteiger partial charge in [-0.05, 0) is 6.92 Å². The summed E-state index contributed by atoms with van der Waals surface area (Å²) in [4.78, 5) is 20.9. The van der Waals surface area contributed by atoms with E-state index in [0.29, 0.717) is 0 Å². The lowest BCUT2D eigenvalue weighted by Crippen LogP contribution is -2.51. The van der Waals surface area contributed by atoms with Crippen molar-refractivity contribution in [3.63, 3.8) is 0 Å². The molecule has 0 saturated carbocycles. The Hall–Kier alpha value is -1.40. The molecule has 0 aliphatic carbocycles. The molecule has 0 saturated heterocycles. The fourth-order valence-corrected chi connectivity index (χ4v) is 1.07. The van der Waals surface area contributed by atoms with Crippen molar-refractivity contribution in [3.8, 4) is 0 Å². The number of nitrogens with one attached hydrogen (secondary N) is 2. The van der Waals surface area contributed by atoms with Gasteiger partial charge in [0.05, 0.1) is 13.1 Å². The van der Waals surface area contributed by atoms with Gasteiger partial charge in [0.1, 0.15) is 5.60 Å². The summed E-state index contributed by atoms with van der Waals surface area (Å²) >= 11 is 0. The van der Waals surface area contributed by atoms with Gasteiger partial charge in [-0.25, -0.2) is 14.2 Å². The van der Waals surface area contributed by atoms with Gasteiger partial charge in [-0.3, -0.25) is 4.52 Å². The Labute approximate surface area is 88.0 Å². The van der Waals surface area contributed by atoms with E-state index < -0.39 is 26.4 Å². The molecule has 0 aromatic heterocycles. The Kier molecular flexibility index (Phi) is 5.58. The quantitative estimate of drug-likeness (QED) is 0.453. The van der Waals surface area contributed by atoms with Crippen LogP contribution in [0.5, 0.6) is 0 Å². The van der Waals surface area contributed by atoms with E-state index in [4.69, 9.17) is 16.0 Å². The number of urea groups is 2. The van der Waals surface area contributed by atoms with E-state index in [-0.39, 0.29) is 13.1 Å². The predicted molar refractivity (Wildman–Crippen MR) is 52.3 cm³/mol. The van der Waals surface area contributed by atoms with Crippen LogP contribution in [0.1, 0.15) is 6.92 Å². The van der Waals surface area contributed by atoms with Crippen molar-refractivity contribution >= 4 is 20.7 Å². The molecule has 9 heteroatoms. The highest BCUT2D eigenvalue weighted by atomic mass is 31.1. The molecular formula is C6H13N4O4P. The van der Waals surface area contributed by atoms with Crippen LogP contribution in [0.25, 0.3) is 0 Å². The number of rotatable bonds is 6. The molecule has 0 rings (SSSR count). The van der Waals surface area contributed by atoms with Crippen LogP contribution in [-0.4, -0.2) is 30.8 Å². The maximum atomic E-state index is 10.5. The average molecular weight is 236 g/mol.